The predicted molar refractivity (Wildman–Crippen MR) is 82.7 cm³/mol. The Balaban J connectivity index is 1.47. The van der Waals surface area contributed by atoms with E-state index in [1.165, 1.54) is 0 Å². The third kappa shape index (κ3) is 3.33. The van der Waals surface area contributed by atoms with Gasteiger partial charge in [0.1, 0.15) is 12.4 Å². The van der Waals surface area contributed by atoms with Crippen LogP contribution in [0.15, 0.2) is 24.3 Å². The summed E-state index contributed by atoms with van der Waals surface area (Å²) < 4.78 is 5.72. The molecule has 0 radical (unpaired) electrons. The third-order valence-electron chi connectivity index (χ3n) is 4.52. The molecule has 4 nitrogen and oxygen atoms in total. The summed E-state index contributed by atoms with van der Waals surface area (Å²) in [7, 11) is 0. The summed E-state index contributed by atoms with van der Waals surface area (Å²) in [6.07, 6.45) is 3.09. The van der Waals surface area contributed by atoms with E-state index in [1.807, 2.05) is 24.3 Å². The van der Waals surface area contributed by atoms with Gasteiger partial charge in [-0.05, 0) is 50.1 Å². The highest BCUT2D eigenvalue weighted by Crippen LogP contribution is 2.37. The van der Waals surface area contributed by atoms with Crippen molar-refractivity contribution in [2.75, 3.05) is 32.8 Å². The van der Waals surface area contributed by atoms with Gasteiger partial charge in [-0.25, -0.2) is 0 Å². The Kier molecular flexibility index (Phi) is 4.36. The molecule has 1 aromatic carbocycles. The summed E-state index contributed by atoms with van der Waals surface area (Å²) in [6, 6.07) is 7.41. The SMILES string of the molecule is O=C1NCCC[C@]12CCN(CCOc1ccc(Cl)cc1)C2. The van der Waals surface area contributed by atoms with Gasteiger partial charge in [0.2, 0.25) is 5.91 Å². The first-order valence-corrected chi connectivity index (χ1v) is 7.95. The maximum absolute atomic E-state index is 12.1. The summed E-state index contributed by atoms with van der Waals surface area (Å²) in [6.45, 7) is 4.18. The zero-order chi connectivity index (χ0) is 14.7. The molecule has 0 aromatic heterocycles. The van der Waals surface area contributed by atoms with E-state index in [-0.39, 0.29) is 11.3 Å². The average Bonchev–Trinajstić information content (AvgIpc) is 2.89. The Morgan fingerprint density at radius 1 is 1.29 bits per heavy atom. The number of rotatable bonds is 4. The van der Waals surface area contributed by atoms with Crippen LogP contribution in [0.3, 0.4) is 0 Å². The van der Waals surface area contributed by atoms with Crippen molar-refractivity contribution in [3.8, 4) is 5.75 Å². The molecule has 1 N–H and O–H groups in total. The number of likely N-dealkylation sites (tertiary alicyclic amines) is 1. The Bertz CT molecular complexity index is 506. The van der Waals surface area contributed by atoms with Gasteiger partial charge in [0, 0.05) is 24.7 Å². The lowest BCUT2D eigenvalue weighted by molar-refractivity contribution is -0.132. The number of nitrogens with one attached hydrogen (secondary N) is 1. The number of piperidine rings is 1. The van der Waals surface area contributed by atoms with Crippen LogP contribution in [-0.4, -0.2) is 43.6 Å². The molecule has 0 saturated carbocycles. The first-order chi connectivity index (χ1) is 10.2. The van der Waals surface area contributed by atoms with Crippen LogP contribution < -0.4 is 10.1 Å². The van der Waals surface area contributed by atoms with Crippen LogP contribution in [0.1, 0.15) is 19.3 Å². The second-order valence-electron chi connectivity index (χ2n) is 5.97. The monoisotopic (exact) mass is 308 g/mol. The van der Waals surface area contributed by atoms with Crippen molar-refractivity contribution < 1.29 is 9.53 Å². The Morgan fingerprint density at radius 2 is 2.10 bits per heavy atom. The molecule has 2 saturated heterocycles. The average molecular weight is 309 g/mol. The van der Waals surface area contributed by atoms with E-state index < -0.39 is 0 Å². The second kappa shape index (κ2) is 6.24. The quantitative estimate of drug-likeness (QED) is 0.928. The number of carbonyl (C=O) groups is 1. The molecule has 21 heavy (non-hydrogen) atoms. The summed E-state index contributed by atoms with van der Waals surface area (Å²) in [5.41, 5.74) is -0.140. The van der Waals surface area contributed by atoms with E-state index in [1.54, 1.807) is 0 Å². The number of amides is 1. The molecule has 1 aromatic rings. The van der Waals surface area contributed by atoms with Crippen LogP contribution in [0.4, 0.5) is 0 Å². The lowest BCUT2D eigenvalue weighted by Crippen LogP contribution is -2.47. The van der Waals surface area contributed by atoms with Crippen LogP contribution >= 0.6 is 11.6 Å². The smallest absolute Gasteiger partial charge is 0.227 e. The predicted octanol–water partition coefficient (Wildman–Crippen LogP) is 2.32. The normalized spacial score (nSPS) is 26.0. The first kappa shape index (κ1) is 14.7. The van der Waals surface area contributed by atoms with E-state index in [9.17, 15) is 4.79 Å². The number of halogens is 1. The largest absolute Gasteiger partial charge is 0.492 e. The summed E-state index contributed by atoms with van der Waals surface area (Å²) in [5.74, 6) is 1.08. The number of ether oxygens (including phenoxy) is 1. The minimum absolute atomic E-state index is 0.140. The van der Waals surface area contributed by atoms with E-state index >= 15 is 0 Å². The molecule has 1 atom stereocenters. The molecule has 1 amide bonds. The standard InChI is InChI=1S/C16H21ClN2O2/c17-13-2-4-14(5-3-13)21-11-10-19-9-7-16(12-19)6-1-8-18-15(16)20/h2-5H,1,6-12H2,(H,18,20)/t16-/m1/s1. The zero-order valence-corrected chi connectivity index (χ0v) is 12.9. The highest BCUT2D eigenvalue weighted by molar-refractivity contribution is 6.30. The molecular weight excluding hydrogens is 288 g/mol. The van der Waals surface area contributed by atoms with Gasteiger partial charge in [0.05, 0.1) is 5.41 Å². The van der Waals surface area contributed by atoms with Gasteiger partial charge >= 0.3 is 0 Å². The van der Waals surface area contributed by atoms with Gasteiger partial charge < -0.3 is 10.1 Å². The van der Waals surface area contributed by atoms with Gasteiger partial charge in [0.15, 0.2) is 0 Å². The van der Waals surface area contributed by atoms with Crippen molar-refractivity contribution in [1.82, 2.24) is 10.2 Å². The van der Waals surface area contributed by atoms with E-state index in [0.29, 0.717) is 11.6 Å². The van der Waals surface area contributed by atoms with Crippen molar-refractivity contribution in [3.63, 3.8) is 0 Å². The molecule has 3 rings (SSSR count). The highest BCUT2D eigenvalue weighted by Gasteiger charge is 2.45. The Morgan fingerprint density at radius 3 is 2.86 bits per heavy atom. The van der Waals surface area contributed by atoms with E-state index in [2.05, 4.69) is 10.2 Å². The van der Waals surface area contributed by atoms with E-state index in [4.69, 9.17) is 16.3 Å². The molecule has 2 fully saturated rings. The van der Waals surface area contributed by atoms with Gasteiger partial charge in [-0.2, -0.15) is 0 Å². The topological polar surface area (TPSA) is 41.6 Å². The second-order valence-corrected chi connectivity index (χ2v) is 6.40. The minimum atomic E-state index is -0.140. The van der Waals surface area contributed by atoms with Gasteiger partial charge in [-0.15, -0.1) is 0 Å². The fourth-order valence-electron chi connectivity index (χ4n) is 3.29. The highest BCUT2D eigenvalue weighted by atomic mass is 35.5. The number of carbonyl (C=O) groups excluding carboxylic acids is 1. The Labute approximate surface area is 130 Å². The van der Waals surface area contributed by atoms with Crippen LogP contribution in [0.25, 0.3) is 0 Å². The van der Waals surface area contributed by atoms with E-state index in [0.717, 1.165) is 51.2 Å². The lowest BCUT2D eigenvalue weighted by Gasteiger charge is -2.32. The van der Waals surface area contributed by atoms with Crippen LogP contribution in [-0.2, 0) is 4.79 Å². The number of benzene rings is 1. The molecule has 114 valence electrons. The molecule has 2 aliphatic rings. The summed E-state index contributed by atoms with van der Waals surface area (Å²) in [5, 5.41) is 3.73. The summed E-state index contributed by atoms with van der Waals surface area (Å²) >= 11 is 5.84. The van der Waals surface area contributed by atoms with Gasteiger partial charge in [-0.3, -0.25) is 9.69 Å². The van der Waals surface area contributed by atoms with Crippen LogP contribution in [0.2, 0.25) is 5.02 Å². The summed E-state index contributed by atoms with van der Waals surface area (Å²) in [4.78, 5) is 14.4. The number of hydrogen-bond acceptors (Lipinski definition) is 3. The van der Waals surface area contributed by atoms with Crippen molar-refractivity contribution in [3.05, 3.63) is 29.3 Å². The van der Waals surface area contributed by atoms with Crippen molar-refractivity contribution in [1.29, 1.82) is 0 Å². The van der Waals surface area contributed by atoms with Crippen molar-refractivity contribution in [2.24, 2.45) is 5.41 Å². The maximum atomic E-state index is 12.1. The van der Waals surface area contributed by atoms with Crippen molar-refractivity contribution in [2.45, 2.75) is 19.3 Å². The van der Waals surface area contributed by atoms with Gasteiger partial charge in [0.25, 0.3) is 0 Å². The first-order valence-electron chi connectivity index (χ1n) is 7.57. The molecule has 0 aliphatic carbocycles. The molecule has 2 aliphatic heterocycles. The zero-order valence-electron chi connectivity index (χ0n) is 12.1. The molecule has 0 bridgehead atoms. The van der Waals surface area contributed by atoms with Gasteiger partial charge in [-0.1, -0.05) is 11.6 Å². The number of hydrogen-bond donors (Lipinski definition) is 1. The molecular formula is C16H21ClN2O2. The minimum Gasteiger partial charge on any atom is -0.492 e. The third-order valence-corrected chi connectivity index (χ3v) is 4.77. The fraction of sp³-hybridized carbons (Fsp3) is 0.562. The fourth-order valence-corrected chi connectivity index (χ4v) is 3.42. The maximum Gasteiger partial charge on any atom is 0.227 e. The molecule has 2 heterocycles. The van der Waals surface area contributed by atoms with Crippen LogP contribution in [0, 0.1) is 5.41 Å². The Hall–Kier alpha value is -1.26. The number of nitrogens with zero attached hydrogens (tertiary/aromatic N) is 1. The molecule has 5 heteroatoms. The molecule has 0 unspecified atom stereocenters. The lowest BCUT2D eigenvalue weighted by atomic mass is 9.79. The van der Waals surface area contributed by atoms with Crippen LogP contribution in [0.5, 0.6) is 5.75 Å². The van der Waals surface area contributed by atoms with Crippen molar-refractivity contribution >= 4 is 17.5 Å². The molecule has 1 spiro atoms.